The molecule has 0 atom stereocenters. The van der Waals surface area contributed by atoms with Gasteiger partial charge >= 0.3 is 29.6 Å². The number of hydrogen-bond acceptors (Lipinski definition) is 0. The largest absolute Gasteiger partial charge is 1.00 e. The quantitative estimate of drug-likeness (QED) is 0.296. The predicted octanol–water partition coefficient (Wildman–Crippen LogP) is 5.08. The van der Waals surface area contributed by atoms with E-state index >= 15 is 0 Å². The second-order valence-electron chi connectivity index (χ2n) is 7.19. The molecule has 0 aliphatic carbocycles. The third kappa shape index (κ3) is 3.95. The van der Waals surface area contributed by atoms with Gasteiger partial charge in [0.25, 0.3) is 0 Å². The maximum Gasteiger partial charge on any atom is 1.00 e. The Morgan fingerprint density at radius 1 is 0.333 bits per heavy atom. The zero-order valence-electron chi connectivity index (χ0n) is 17.1. The van der Waals surface area contributed by atoms with E-state index < -0.39 is 0 Å². The minimum atomic E-state index is 0. The Balaban J connectivity index is 0.00000218. The van der Waals surface area contributed by atoms with Crippen molar-refractivity contribution in [3.63, 3.8) is 0 Å². The van der Waals surface area contributed by atoms with Crippen molar-refractivity contribution in [2.45, 2.75) is 0 Å². The molecule has 0 spiro atoms. The van der Waals surface area contributed by atoms with Crippen molar-refractivity contribution in [1.82, 2.24) is 0 Å². The topological polar surface area (TPSA) is 0 Å². The van der Waals surface area contributed by atoms with Crippen LogP contribution < -0.4 is 29.6 Å². The van der Waals surface area contributed by atoms with Gasteiger partial charge in [-0.15, -0.1) is 28.3 Å². The van der Waals surface area contributed by atoms with Crippen LogP contribution in [0.15, 0.2) is 127 Å². The Morgan fingerprint density at radius 3 is 0.900 bits per heavy atom. The van der Waals surface area contributed by atoms with E-state index in [-0.39, 0.29) is 29.6 Å². The molecular formula is C29H21Na. The fourth-order valence-corrected chi connectivity index (χ4v) is 4.06. The molecule has 0 aliphatic rings. The van der Waals surface area contributed by atoms with Gasteiger partial charge in [-0.25, -0.2) is 0 Å². The minimum Gasteiger partial charge on any atom is -0.125 e. The molecule has 0 saturated heterocycles. The van der Waals surface area contributed by atoms with Gasteiger partial charge in [0.2, 0.25) is 0 Å². The summed E-state index contributed by atoms with van der Waals surface area (Å²) in [5.41, 5.74) is 10.1. The Bertz CT molecular complexity index is 1110. The summed E-state index contributed by atoms with van der Waals surface area (Å²) in [7, 11) is 0. The van der Waals surface area contributed by atoms with E-state index in [9.17, 15) is 0 Å². The number of benzene rings is 4. The summed E-state index contributed by atoms with van der Waals surface area (Å²) in [6, 6.07) is 45.2. The number of rotatable bonds is 4. The van der Waals surface area contributed by atoms with Gasteiger partial charge in [-0.05, 0) is 0 Å². The Labute approximate surface area is 200 Å². The van der Waals surface area contributed by atoms with Crippen molar-refractivity contribution in [1.29, 1.82) is 0 Å². The van der Waals surface area contributed by atoms with Crippen LogP contribution in [0.1, 0.15) is 0 Å². The van der Waals surface area contributed by atoms with Crippen molar-refractivity contribution in [3.8, 4) is 44.5 Å². The van der Waals surface area contributed by atoms with E-state index in [1.54, 1.807) is 0 Å². The van der Waals surface area contributed by atoms with Gasteiger partial charge in [0.15, 0.2) is 0 Å². The third-order valence-electron chi connectivity index (χ3n) is 5.37. The van der Waals surface area contributed by atoms with Crippen LogP contribution in [0.2, 0.25) is 0 Å². The van der Waals surface area contributed by atoms with Gasteiger partial charge in [0.1, 0.15) is 0 Å². The fourth-order valence-electron chi connectivity index (χ4n) is 4.06. The summed E-state index contributed by atoms with van der Waals surface area (Å²) < 4.78 is 0. The van der Waals surface area contributed by atoms with Gasteiger partial charge in [-0.3, -0.25) is 0 Å². The molecular weight excluding hydrogens is 371 g/mol. The second kappa shape index (κ2) is 9.36. The van der Waals surface area contributed by atoms with Crippen molar-refractivity contribution in [2.24, 2.45) is 0 Å². The van der Waals surface area contributed by atoms with E-state index in [1.165, 1.54) is 44.5 Å². The van der Waals surface area contributed by atoms with Gasteiger partial charge < -0.3 is 0 Å². The SMILES string of the molecule is [Na+].c1ccc(-c2[cH-]c(-c3ccccc3)c(-c3ccccc3)c2-c2ccccc2)cc1. The van der Waals surface area contributed by atoms with Crippen molar-refractivity contribution < 1.29 is 29.6 Å². The zero-order chi connectivity index (χ0) is 19.5. The molecule has 1 heteroatoms. The summed E-state index contributed by atoms with van der Waals surface area (Å²) in [6.45, 7) is 0. The van der Waals surface area contributed by atoms with Crippen LogP contribution in [-0.4, -0.2) is 0 Å². The molecule has 0 nitrogen and oxygen atoms in total. The first-order chi connectivity index (χ1) is 14.4. The molecule has 30 heavy (non-hydrogen) atoms. The van der Waals surface area contributed by atoms with Gasteiger partial charge in [-0.2, -0.15) is 0 Å². The number of hydrogen-bond donors (Lipinski definition) is 0. The van der Waals surface area contributed by atoms with Crippen LogP contribution in [0.4, 0.5) is 0 Å². The molecule has 0 bridgehead atoms. The summed E-state index contributed by atoms with van der Waals surface area (Å²) in [6.07, 6.45) is 0. The smallest absolute Gasteiger partial charge is 0.125 e. The Morgan fingerprint density at radius 2 is 0.600 bits per heavy atom. The standard InChI is InChI=1S/C29H21.Na/c1-5-13-22(14-6-1)26-21-27(23-15-7-2-8-16-23)29(25-19-11-4-12-20-25)28(26)24-17-9-3-10-18-24;/h1-21H;/q-1;+1. The summed E-state index contributed by atoms with van der Waals surface area (Å²) in [5.74, 6) is 0. The van der Waals surface area contributed by atoms with Crippen LogP contribution in [0.5, 0.6) is 0 Å². The first-order valence-corrected chi connectivity index (χ1v) is 9.97. The van der Waals surface area contributed by atoms with Crippen LogP contribution in [-0.2, 0) is 0 Å². The molecule has 0 aliphatic heterocycles. The zero-order valence-corrected chi connectivity index (χ0v) is 19.1. The average molecular weight is 392 g/mol. The molecule has 5 rings (SSSR count). The fraction of sp³-hybridized carbons (Fsp3) is 0. The molecule has 0 radical (unpaired) electrons. The summed E-state index contributed by atoms with van der Waals surface area (Å²) in [4.78, 5) is 0. The van der Waals surface area contributed by atoms with E-state index in [1.807, 2.05) is 0 Å². The van der Waals surface area contributed by atoms with Crippen LogP contribution in [0, 0.1) is 0 Å². The monoisotopic (exact) mass is 392 g/mol. The van der Waals surface area contributed by atoms with E-state index in [0.717, 1.165) is 0 Å². The second-order valence-corrected chi connectivity index (χ2v) is 7.19. The Kier molecular flexibility index (Phi) is 6.40. The molecule has 0 saturated carbocycles. The predicted molar refractivity (Wildman–Crippen MR) is 124 cm³/mol. The van der Waals surface area contributed by atoms with Crippen LogP contribution in [0.25, 0.3) is 44.5 Å². The molecule has 0 heterocycles. The first-order valence-electron chi connectivity index (χ1n) is 9.97. The molecule has 5 aromatic rings. The normalized spacial score (nSPS) is 10.4. The van der Waals surface area contributed by atoms with Crippen LogP contribution in [0.3, 0.4) is 0 Å². The van der Waals surface area contributed by atoms with E-state index in [0.29, 0.717) is 0 Å². The first kappa shape index (κ1) is 20.5. The molecule has 0 amide bonds. The van der Waals surface area contributed by atoms with Gasteiger partial charge in [-0.1, -0.05) is 144 Å². The average Bonchev–Trinajstić information content (AvgIpc) is 3.22. The summed E-state index contributed by atoms with van der Waals surface area (Å²) >= 11 is 0. The summed E-state index contributed by atoms with van der Waals surface area (Å²) in [5, 5.41) is 0. The Hall–Kier alpha value is -2.77. The van der Waals surface area contributed by atoms with Crippen molar-refractivity contribution in [3.05, 3.63) is 127 Å². The van der Waals surface area contributed by atoms with E-state index in [2.05, 4.69) is 127 Å². The maximum atomic E-state index is 2.36. The minimum absolute atomic E-state index is 0. The molecule has 5 aromatic carbocycles. The molecule has 0 aromatic heterocycles. The van der Waals surface area contributed by atoms with Gasteiger partial charge in [0, 0.05) is 0 Å². The maximum absolute atomic E-state index is 2.36. The molecule has 0 N–H and O–H groups in total. The van der Waals surface area contributed by atoms with Crippen LogP contribution >= 0.6 is 0 Å². The van der Waals surface area contributed by atoms with E-state index in [4.69, 9.17) is 0 Å². The van der Waals surface area contributed by atoms with Crippen molar-refractivity contribution in [2.75, 3.05) is 0 Å². The van der Waals surface area contributed by atoms with Crippen molar-refractivity contribution >= 4 is 0 Å². The molecule has 0 fully saturated rings. The van der Waals surface area contributed by atoms with Gasteiger partial charge in [0.05, 0.1) is 0 Å². The molecule has 0 unspecified atom stereocenters. The third-order valence-corrected chi connectivity index (χ3v) is 5.37. The molecule has 138 valence electrons.